The molecule has 3 N–H and O–H groups in total. The van der Waals surface area contributed by atoms with Gasteiger partial charge in [0, 0.05) is 18.1 Å². The molecular formula is C8H7N5OS. The number of nitrogens with zero attached hydrogens (tertiary/aromatic N) is 3. The molecule has 0 aliphatic carbocycles. The minimum atomic E-state index is -0.324. The topological polar surface area (TPSA) is 93.8 Å². The van der Waals surface area contributed by atoms with E-state index in [1.807, 2.05) is 0 Å². The normalized spacial score (nSPS) is 9.87. The Balaban J connectivity index is 2.11. The summed E-state index contributed by atoms with van der Waals surface area (Å²) in [5.41, 5.74) is 6.02. The summed E-state index contributed by atoms with van der Waals surface area (Å²) in [5, 5.41) is 10.3. The van der Waals surface area contributed by atoms with Gasteiger partial charge in [0.15, 0.2) is 0 Å². The van der Waals surface area contributed by atoms with E-state index in [-0.39, 0.29) is 16.0 Å². The van der Waals surface area contributed by atoms with Crippen molar-refractivity contribution in [2.24, 2.45) is 0 Å². The summed E-state index contributed by atoms with van der Waals surface area (Å²) in [6.45, 7) is 0. The van der Waals surface area contributed by atoms with Gasteiger partial charge < -0.3 is 11.1 Å². The van der Waals surface area contributed by atoms with Crippen LogP contribution >= 0.6 is 11.3 Å². The highest BCUT2D eigenvalue weighted by molar-refractivity contribution is 7.16. The Kier molecular flexibility index (Phi) is 2.55. The predicted octanol–water partition coefficient (Wildman–Crippen LogP) is 0.768. The average molecular weight is 221 g/mol. The molecule has 0 radical (unpaired) electrons. The summed E-state index contributed by atoms with van der Waals surface area (Å²) in [6, 6.07) is 3.37. The fraction of sp³-hybridized carbons (Fsp3) is 0. The van der Waals surface area contributed by atoms with E-state index in [1.54, 1.807) is 24.5 Å². The number of carbonyl (C=O) groups is 1. The zero-order valence-electron chi connectivity index (χ0n) is 7.54. The lowest BCUT2D eigenvalue weighted by atomic mass is 10.4. The third kappa shape index (κ3) is 2.26. The number of nitrogens with one attached hydrogen (secondary N) is 1. The maximum atomic E-state index is 11.5. The number of nitrogens with two attached hydrogens (primary N) is 1. The van der Waals surface area contributed by atoms with Gasteiger partial charge in [-0.3, -0.25) is 9.78 Å². The summed E-state index contributed by atoms with van der Waals surface area (Å²) < 4.78 is 0. The number of hydrogen-bond acceptors (Lipinski definition) is 6. The molecule has 7 heteroatoms. The summed E-state index contributed by atoms with van der Waals surface area (Å²) in [4.78, 5) is 15.4. The number of amides is 1. The van der Waals surface area contributed by atoms with Crippen molar-refractivity contribution in [3.63, 3.8) is 0 Å². The zero-order chi connectivity index (χ0) is 10.7. The smallest absolute Gasteiger partial charge is 0.286 e. The quantitative estimate of drug-likeness (QED) is 0.781. The molecule has 2 rings (SSSR count). The lowest BCUT2D eigenvalue weighted by molar-refractivity contribution is 0.102. The van der Waals surface area contributed by atoms with Gasteiger partial charge in [-0.2, -0.15) is 0 Å². The second-order valence-corrected chi connectivity index (χ2v) is 3.64. The number of hydrogen-bond donors (Lipinski definition) is 2. The first-order valence-electron chi connectivity index (χ1n) is 4.06. The Morgan fingerprint density at radius 1 is 1.33 bits per heavy atom. The molecule has 1 amide bonds. The fourth-order valence-electron chi connectivity index (χ4n) is 0.946. The first-order chi connectivity index (χ1) is 7.25. The van der Waals surface area contributed by atoms with E-state index in [4.69, 9.17) is 5.73 Å². The molecule has 0 spiro atoms. The third-order valence-corrected chi connectivity index (χ3v) is 2.32. The van der Waals surface area contributed by atoms with E-state index in [0.29, 0.717) is 5.69 Å². The fourth-order valence-corrected chi connectivity index (χ4v) is 1.45. The number of rotatable bonds is 2. The molecule has 2 aromatic rings. The predicted molar refractivity (Wildman–Crippen MR) is 56.5 cm³/mol. The number of carbonyl (C=O) groups excluding carboxylic acids is 1. The van der Waals surface area contributed by atoms with E-state index in [1.165, 1.54) is 0 Å². The van der Waals surface area contributed by atoms with Crippen LogP contribution < -0.4 is 11.1 Å². The molecule has 0 saturated heterocycles. The summed E-state index contributed by atoms with van der Waals surface area (Å²) in [6.07, 6.45) is 3.17. The van der Waals surface area contributed by atoms with Crippen LogP contribution in [0, 0.1) is 0 Å². The molecule has 0 unspecified atom stereocenters. The van der Waals surface area contributed by atoms with Gasteiger partial charge in [-0.05, 0) is 12.1 Å². The molecule has 0 aromatic carbocycles. The average Bonchev–Trinajstić information content (AvgIpc) is 2.66. The maximum absolute atomic E-state index is 11.5. The van der Waals surface area contributed by atoms with Crippen LogP contribution in [-0.4, -0.2) is 21.1 Å². The van der Waals surface area contributed by atoms with Crippen molar-refractivity contribution < 1.29 is 4.79 Å². The Bertz CT molecular complexity index is 469. The monoisotopic (exact) mass is 221 g/mol. The Hall–Kier alpha value is -2.02. The van der Waals surface area contributed by atoms with E-state index in [0.717, 1.165) is 11.3 Å². The van der Waals surface area contributed by atoms with Gasteiger partial charge in [0.25, 0.3) is 5.91 Å². The molecule has 15 heavy (non-hydrogen) atoms. The third-order valence-electron chi connectivity index (χ3n) is 1.57. The largest absolute Gasteiger partial charge is 0.374 e. The van der Waals surface area contributed by atoms with Crippen molar-refractivity contribution in [1.82, 2.24) is 15.2 Å². The first-order valence-corrected chi connectivity index (χ1v) is 4.88. The number of anilines is 2. The van der Waals surface area contributed by atoms with Gasteiger partial charge in [0.2, 0.25) is 10.1 Å². The molecule has 2 heterocycles. The Morgan fingerprint density at radius 2 is 2.07 bits per heavy atom. The van der Waals surface area contributed by atoms with Gasteiger partial charge >= 0.3 is 0 Å². The molecular weight excluding hydrogens is 214 g/mol. The Morgan fingerprint density at radius 3 is 2.67 bits per heavy atom. The molecule has 0 bridgehead atoms. The highest BCUT2D eigenvalue weighted by atomic mass is 32.1. The van der Waals surface area contributed by atoms with Gasteiger partial charge in [0.05, 0.1) is 0 Å². The van der Waals surface area contributed by atoms with Crippen LogP contribution in [0.5, 0.6) is 0 Å². The number of aromatic nitrogens is 3. The van der Waals surface area contributed by atoms with Gasteiger partial charge in [0.1, 0.15) is 0 Å². The molecule has 0 aliphatic rings. The van der Waals surface area contributed by atoms with E-state index in [9.17, 15) is 4.79 Å². The number of pyridine rings is 1. The number of nitrogen functional groups attached to an aromatic ring is 1. The highest BCUT2D eigenvalue weighted by Gasteiger charge is 2.11. The molecule has 6 nitrogen and oxygen atoms in total. The summed E-state index contributed by atoms with van der Waals surface area (Å²) >= 11 is 1.04. The van der Waals surface area contributed by atoms with Crippen molar-refractivity contribution in [2.45, 2.75) is 0 Å². The van der Waals surface area contributed by atoms with Crippen molar-refractivity contribution in [2.75, 3.05) is 11.1 Å². The molecule has 0 fully saturated rings. The van der Waals surface area contributed by atoms with Crippen molar-refractivity contribution in [1.29, 1.82) is 0 Å². The van der Waals surface area contributed by atoms with Crippen molar-refractivity contribution in [3.8, 4) is 0 Å². The van der Waals surface area contributed by atoms with Gasteiger partial charge in [-0.25, -0.2) is 0 Å². The first kappa shape index (κ1) is 9.53. The van der Waals surface area contributed by atoms with Crippen molar-refractivity contribution in [3.05, 3.63) is 29.5 Å². The minimum absolute atomic E-state index is 0.240. The standard InChI is InChI=1S/C8H7N5OS/c9-8-13-12-7(15-8)6(14)11-5-1-3-10-4-2-5/h1-4H,(H2,9,13)(H,10,11,14). The zero-order valence-corrected chi connectivity index (χ0v) is 8.36. The summed E-state index contributed by atoms with van der Waals surface area (Å²) in [5.74, 6) is -0.324. The second kappa shape index (κ2) is 4.01. The van der Waals surface area contributed by atoms with Crippen LogP contribution in [0.2, 0.25) is 0 Å². The van der Waals surface area contributed by atoms with E-state index in [2.05, 4.69) is 20.5 Å². The van der Waals surface area contributed by atoms with E-state index < -0.39 is 0 Å². The Labute approximate surface area is 89.2 Å². The van der Waals surface area contributed by atoms with Crippen LogP contribution in [0.25, 0.3) is 0 Å². The summed E-state index contributed by atoms with van der Waals surface area (Å²) in [7, 11) is 0. The molecule has 76 valence electrons. The molecule has 0 aliphatic heterocycles. The van der Waals surface area contributed by atoms with Crippen molar-refractivity contribution >= 4 is 28.1 Å². The lowest BCUT2D eigenvalue weighted by Crippen LogP contribution is -2.11. The minimum Gasteiger partial charge on any atom is -0.374 e. The molecule has 0 saturated carbocycles. The van der Waals surface area contributed by atoms with Gasteiger partial charge in [-0.1, -0.05) is 11.3 Å². The van der Waals surface area contributed by atoms with Crippen LogP contribution in [0.4, 0.5) is 10.8 Å². The van der Waals surface area contributed by atoms with Crippen LogP contribution in [-0.2, 0) is 0 Å². The highest BCUT2D eigenvalue weighted by Crippen LogP contribution is 2.13. The van der Waals surface area contributed by atoms with Crippen LogP contribution in [0.3, 0.4) is 0 Å². The lowest BCUT2D eigenvalue weighted by Gasteiger charge is -2.00. The second-order valence-electron chi connectivity index (χ2n) is 2.64. The molecule has 0 atom stereocenters. The van der Waals surface area contributed by atoms with E-state index >= 15 is 0 Å². The SMILES string of the molecule is Nc1nnc(C(=O)Nc2ccncc2)s1. The van der Waals surface area contributed by atoms with Gasteiger partial charge in [-0.15, -0.1) is 10.2 Å². The van der Waals surface area contributed by atoms with Crippen LogP contribution in [0.15, 0.2) is 24.5 Å². The van der Waals surface area contributed by atoms with Crippen LogP contribution in [0.1, 0.15) is 9.80 Å². The maximum Gasteiger partial charge on any atom is 0.286 e. The molecule has 2 aromatic heterocycles.